The SMILES string of the molecule is Cc1ccc2nc(NO)/c(=N/O)oc2c1. The first-order valence-electron chi connectivity index (χ1n) is 4.24. The van der Waals surface area contributed by atoms with E-state index in [9.17, 15) is 0 Å². The Bertz CT molecular complexity index is 562. The number of aromatic nitrogens is 1. The highest BCUT2D eigenvalue weighted by atomic mass is 16.5. The van der Waals surface area contributed by atoms with Gasteiger partial charge in [0.1, 0.15) is 5.52 Å². The monoisotopic (exact) mass is 207 g/mol. The third-order valence-corrected chi connectivity index (χ3v) is 1.95. The van der Waals surface area contributed by atoms with Crippen molar-refractivity contribution in [2.45, 2.75) is 6.92 Å². The average Bonchev–Trinajstić information content (AvgIpc) is 2.27. The zero-order valence-electron chi connectivity index (χ0n) is 7.93. The van der Waals surface area contributed by atoms with Gasteiger partial charge in [0.15, 0.2) is 5.58 Å². The molecule has 0 amide bonds. The van der Waals surface area contributed by atoms with E-state index in [4.69, 9.17) is 14.8 Å². The molecule has 6 heteroatoms. The Morgan fingerprint density at radius 3 is 2.93 bits per heavy atom. The van der Waals surface area contributed by atoms with Gasteiger partial charge in [-0.25, -0.2) is 10.5 Å². The van der Waals surface area contributed by atoms with Crippen LogP contribution >= 0.6 is 0 Å². The Balaban J connectivity index is 2.82. The lowest BCUT2D eigenvalue weighted by Crippen LogP contribution is -2.11. The average molecular weight is 207 g/mol. The molecule has 0 saturated heterocycles. The van der Waals surface area contributed by atoms with E-state index in [-0.39, 0.29) is 11.4 Å². The lowest BCUT2D eigenvalue weighted by molar-refractivity contribution is 0.274. The molecule has 3 N–H and O–H groups in total. The number of nitrogens with one attached hydrogen (secondary N) is 1. The van der Waals surface area contributed by atoms with Gasteiger partial charge in [-0.05, 0) is 29.8 Å². The molecule has 0 spiro atoms. The van der Waals surface area contributed by atoms with Crippen LogP contribution in [0.25, 0.3) is 11.1 Å². The normalized spacial score (nSPS) is 12.0. The summed E-state index contributed by atoms with van der Waals surface area (Å²) in [5.41, 5.74) is 3.67. The van der Waals surface area contributed by atoms with E-state index in [1.165, 1.54) is 0 Å². The predicted molar refractivity (Wildman–Crippen MR) is 51.5 cm³/mol. The minimum atomic E-state index is -0.171. The van der Waals surface area contributed by atoms with Crippen molar-refractivity contribution in [2.75, 3.05) is 5.48 Å². The summed E-state index contributed by atoms with van der Waals surface area (Å²) in [6.07, 6.45) is 0. The van der Waals surface area contributed by atoms with Gasteiger partial charge >= 0.3 is 5.55 Å². The van der Waals surface area contributed by atoms with Gasteiger partial charge in [-0.3, -0.25) is 5.21 Å². The number of aryl methyl sites for hydroxylation is 1. The van der Waals surface area contributed by atoms with Crippen LogP contribution in [0.15, 0.2) is 27.8 Å². The van der Waals surface area contributed by atoms with Gasteiger partial charge in [-0.2, -0.15) is 0 Å². The molecule has 1 aromatic carbocycles. The molecule has 0 bridgehead atoms. The molecule has 0 unspecified atom stereocenters. The van der Waals surface area contributed by atoms with Crippen molar-refractivity contribution in [1.82, 2.24) is 4.98 Å². The molecule has 6 nitrogen and oxygen atoms in total. The molecule has 0 fully saturated rings. The summed E-state index contributed by atoms with van der Waals surface area (Å²) in [6.45, 7) is 1.91. The van der Waals surface area contributed by atoms with E-state index in [0.29, 0.717) is 11.1 Å². The van der Waals surface area contributed by atoms with Crippen LogP contribution in [0, 0.1) is 6.92 Å². The molecule has 0 aliphatic heterocycles. The summed E-state index contributed by atoms with van der Waals surface area (Å²) in [7, 11) is 0. The molecule has 0 aliphatic carbocycles. The predicted octanol–water partition coefficient (Wildman–Crippen LogP) is 1.23. The zero-order valence-corrected chi connectivity index (χ0v) is 7.93. The van der Waals surface area contributed by atoms with Crippen molar-refractivity contribution in [2.24, 2.45) is 5.16 Å². The highest BCUT2D eigenvalue weighted by Gasteiger charge is 2.04. The molecule has 1 heterocycles. The van der Waals surface area contributed by atoms with Gasteiger partial charge < -0.3 is 9.62 Å². The van der Waals surface area contributed by atoms with Crippen LogP contribution in [0.3, 0.4) is 0 Å². The van der Waals surface area contributed by atoms with Crippen LogP contribution in [0.4, 0.5) is 5.82 Å². The number of nitrogens with zero attached hydrogens (tertiary/aromatic N) is 2. The quantitative estimate of drug-likeness (QED) is 0.483. The molecule has 1 aromatic heterocycles. The van der Waals surface area contributed by atoms with Gasteiger partial charge in [-0.1, -0.05) is 6.07 Å². The maximum atomic E-state index is 8.72. The van der Waals surface area contributed by atoms with Crippen LogP contribution in [0.1, 0.15) is 5.56 Å². The lowest BCUT2D eigenvalue weighted by Gasteiger charge is -2.01. The first kappa shape index (κ1) is 9.47. The summed E-state index contributed by atoms with van der Waals surface area (Å²) >= 11 is 0. The molecular weight excluding hydrogens is 198 g/mol. The summed E-state index contributed by atoms with van der Waals surface area (Å²) < 4.78 is 5.21. The first-order valence-corrected chi connectivity index (χ1v) is 4.24. The van der Waals surface area contributed by atoms with Gasteiger partial charge in [0.2, 0.25) is 5.82 Å². The van der Waals surface area contributed by atoms with E-state index < -0.39 is 0 Å². The van der Waals surface area contributed by atoms with Gasteiger partial charge in [0, 0.05) is 0 Å². The van der Waals surface area contributed by atoms with E-state index >= 15 is 0 Å². The minimum Gasteiger partial charge on any atom is -0.431 e. The third-order valence-electron chi connectivity index (χ3n) is 1.95. The molecule has 0 saturated carbocycles. The van der Waals surface area contributed by atoms with Crippen molar-refractivity contribution in [1.29, 1.82) is 0 Å². The van der Waals surface area contributed by atoms with Crippen molar-refractivity contribution in [3.05, 3.63) is 29.3 Å². The highest BCUT2D eigenvalue weighted by Crippen LogP contribution is 2.13. The topological polar surface area (TPSA) is 90.9 Å². The van der Waals surface area contributed by atoms with Gasteiger partial charge in [0.05, 0.1) is 0 Å². The van der Waals surface area contributed by atoms with Crippen molar-refractivity contribution in [3.63, 3.8) is 0 Å². The van der Waals surface area contributed by atoms with Gasteiger partial charge in [0.25, 0.3) is 0 Å². The number of anilines is 1. The van der Waals surface area contributed by atoms with Crippen molar-refractivity contribution < 1.29 is 14.8 Å². The maximum Gasteiger partial charge on any atom is 0.301 e. The number of fused-ring (bicyclic) bond motifs is 1. The molecular formula is C9H9N3O3. The van der Waals surface area contributed by atoms with Crippen LogP contribution in [-0.4, -0.2) is 15.4 Å². The highest BCUT2D eigenvalue weighted by molar-refractivity contribution is 5.73. The smallest absolute Gasteiger partial charge is 0.301 e. The number of hydrogen-bond donors (Lipinski definition) is 3. The summed E-state index contributed by atoms with van der Waals surface area (Å²) in [5.74, 6) is -0.0335. The van der Waals surface area contributed by atoms with Crippen LogP contribution in [0.2, 0.25) is 0 Å². The largest absolute Gasteiger partial charge is 0.431 e. The van der Waals surface area contributed by atoms with Gasteiger partial charge in [-0.15, -0.1) is 0 Å². The Kier molecular flexibility index (Phi) is 2.26. The number of benzene rings is 1. The van der Waals surface area contributed by atoms with E-state index in [1.807, 2.05) is 13.0 Å². The Labute approximate surface area is 84.4 Å². The summed E-state index contributed by atoms with van der Waals surface area (Å²) in [6, 6.07) is 5.37. The van der Waals surface area contributed by atoms with Crippen molar-refractivity contribution in [3.8, 4) is 0 Å². The van der Waals surface area contributed by atoms with Crippen LogP contribution in [-0.2, 0) is 0 Å². The Morgan fingerprint density at radius 1 is 1.47 bits per heavy atom. The number of hydrogen-bond acceptors (Lipinski definition) is 6. The zero-order chi connectivity index (χ0) is 10.8. The molecule has 15 heavy (non-hydrogen) atoms. The Morgan fingerprint density at radius 2 is 2.27 bits per heavy atom. The fraction of sp³-hybridized carbons (Fsp3) is 0.111. The minimum absolute atomic E-state index is 0.0335. The molecule has 2 aromatic rings. The van der Waals surface area contributed by atoms with E-state index in [0.717, 1.165) is 5.56 Å². The second-order valence-corrected chi connectivity index (χ2v) is 3.05. The maximum absolute atomic E-state index is 8.72. The first-order chi connectivity index (χ1) is 7.24. The van der Waals surface area contributed by atoms with E-state index in [1.54, 1.807) is 17.6 Å². The lowest BCUT2D eigenvalue weighted by atomic mass is 10.2. The molecule has 0 aliphatic rings. The second kappa shape index (κ2) is 3.58. The number of rotatable bonds is 1. The summed E-state index contributed by atoms with van der Waals surface area (Å²) in [5, 5.41) is 20.2. The standard InChI is InChI=1S/C9H9N3O3/c1-5-2-3-6-7(4-5)15-9(12-14)8(10-6)11-13/h2-4,13-14H,1H3,(H,10,11)/b12-9-. The molecule has 0 radical (unpaired) electrons. The van der Waals surface area contributed by atoms with Crippen molar-refractivity contribution >= 4 is 16.9 Å². The van der Waals surface area contributed by atoms with Crippen LogP contribution < -0.4 is 11.0 Å². The summed E-state index contributed by atoms with van der Waals surface area (Å²) in [4.78, 5) is 4.00. The molecule has 2 rings (SSSR count). The fourth-order valence-corrected chi connectivity index (χ4v) is 1.26. The molecule has 0 atom stereocenters. The fourth-order valence-electron chi connectivity index (χ4n) is 1.26. The third kappa shape index (κ3) is 1.62. The second-order valence-electron chi connectivity index (χ2n) is 3.05. The Hall–Kier alpha value is -2.08. The van der Waals surface area contributed by atoms with Crippen LogP contribution in [0.5, 0.6) is 0 Å². The molecule has 78 valence electrons. The van der Waals surface area contributed by atoms with E-state index in [2.05, 4.69) is 10.1 Å².